The van der Waals surface area contributed by atoms with E-state index in [2.05, 4.69) is 9.97 Å². The number of fused-ring (bicyclic) bond motifs is 1. The van der Waals surface area contributed by atoms with Crippen molar-refractivity contribution in [3.8, 4) is 0 Å². The minimum atomic E-state index is -1.03. The zero-order chi connectivity index (χ0) is 13.2. The van der Waals surface area contributed by atoms with Gasteiger partial charge < -0.3 is 9.67 Å². The van der Waals surface area contributed by atoms with Crippen molar-refractivity contribution >= 4 is 17.0 Å². The molecule has 0 amide bonds. The van der Waals surface area contributed by atoms with Gasteiger partial charge in [0, 0.05) is 6.54 Å². The fourth-order valence-corrected chi connectivity index (χ4v) is 1.98. The van der Waals surface area contributed by atoms with Crippen molar-refractivity contribution in [2.45, 2.75) is 6.54 Å². The fourth-order valence-electron chi connectivity index (χ4n) is 1.98. The van der Waals surface area contributed by atoms with E-state index in [0.29, 0.717) is 12.1 Å². The lowest BCUT2D eigenvalue weighted by Crippen LogP contribution is -2.02. The van der Waals surface area contributed by atoms with Gasteiger partial charge in [0.2, 0.25) is 0 Å². The Bertz CT molecular complexity index is 735. The molecule has 5 heteroatoms. The SMILES string of the molecule is O=C(O)c1cc2c(cn1)ncn2Cc1ccccc1. The number of benzene rings is 1. The molecule has 0 bridgehead atoms. The highest BCUT2D eigenvalue weighted by Gasteiger charge is 2.09. The third kappa shape index (κ3) is 2.18. The molecule has 1 N–H and O–H groups in total. The van der Waals surface area contributed by atoms with Crippen LogP contribution in [0.2, 0.25) is 0 Å². The van der Waals surface area contributed by atoms with Crippen LogP contribution in [0, 0.1) is 0 Å². The molecule has 19 heavy (non-hydrogen) atoms. The average Bonchev–Trinajstić information content (AvgIpc) is 2.82. The van der Waals surface area contributed by atoms with Crippen molar-refractivity contribution in [1.82, 2.24) is 14.5 Å². The number of pyridine rings is 1. The second-order valence-electron chi connectivity index (χ2n) is 4.22. The van der Waals surface area contributed by atoms with Crippen LogP contribution in [0.5, 0.6) is 0 Å². The van der Waals surface area contributed by atoms with Gasteiger partial charge >= 0.3 is 5.97 Å². The van der Waals surface area contributed by atoms with Crippen molar-refractivity contribution in [3.63, 3.8) is 0 Å². The van der Waals surface area contributed by atoms with Crippen molar-refractivity contribution in [1.29, 1.82) is 0 Å². The molecule has 2 aromatic heterocycles. The maximum Gasteiger partial charge on any atom is 0.354 e. The second kappa shape index (κ2) is 4.53. The van der Waals surface area contributed by atoms with Gasteiger partial charge in [0.1, 0.15) is 11.2 Å². The van der Waals surface area contributed by atoms with E-state index in [1.165, 1.54) is 6.20 Å². The van der Waals surface area contributed by atoms with Crippen LogP contribution in [0.3, 0.4) is 0 Å². The molecule has 3 rings (SSSR count). The van der Waals surface area contributed by atoms with Crippen LogP contribution in [-0.2, 0) is 6.54 Å². The van der Waals surface area contributed by atoms with Gasteiger partial charge in [-0.15, -0.1) is 0 Å². The smallest absolute Gasteiger partial charge is 0.354 e. The molecule has 3 aromatic rings. The summed E-state index contributed by atoms with van der Waals surface area (Å²) < 4.78 is 1.92. The fraction of sp³-hybridized carbons (Fsp3) is 0.0714. The summed E-state index contributed by atoms with van der Waals surface area (Å²) in [6.07, 6.45) is 3.19. The van der Waals surface area contributed by atoms with Crippen molar-refractivity contribution in [2.24, 2.45) is 0 Å². The van der Waals surface area contributed by atoms with Crippen molar-refractivity contribution in [3.05, 3.63) is 60.2 Å². The van der Waals surface area contributed by atoms with E-state index in [0.717, 1.165) is 11.1 Å². The lowest BCUT2D eigenvalue weighted by Gasteiger charge is -2.04. The Balaban J connectivity index is 2.04. The Hall–Kier alpha value is -2.69. The van der Waals surface area contributed by atoms with Gasteiger partial charge in [-0.05, 0) is 11.6 Å². The summed E-state index contributed by atoms with van der Waals surface area (Å²) in [5.74, 6) is -1.03. The third-order valence-corrected chi connectivity index (χ3v) is 2.92. The van der Waals surface area contributed by atoms with E-state index < -0.39 is 5.97 Å². The van der Waals surface area contributed by atoms with Crippen LogP contribution in [0.25, 0.3) is 11.0 Å². The summed E-state index contributed by atoms with van der Waals surface area (Å²) in [4.78, 5) is 19.0. The maximum atomic E-state index is 10.9. The predicted octanol–water partition coefficient (Wildman–Crippen LogP) is 2.18. The highest BCUT2D eigenvalue weighted by Crippen LogP contribution is 2.15. The van der Waals surface area contributed by atoms with E-state index in [4.69, 9.17) is 5.11 Å². The molecule has 0 fully saturated rings. The molecule has 0 saturated heterocycles. The van der Waals surface area contributed by atoms with Crippen LogP contribution in [0.1, 0.15) is 16.1 Å². The average molecular weight is 253 g/mol. The number of rotatable bonds is 3. The topological polar surface area (TPSA) is 68.0 Å². The monoisotopic (exact) mass is 253 g/mol. The molecule has 94 valence electrons. The van der Waals surface area contributed by atoms with E-state index >= 15 is 0 Å². The first kappa shape index (κ1) is 11.4. The number of nitrogens with zero attached hydrogens (tertiary/aromatic N) is 3. The van der Waals surface area contributed by atoms with Crippen LogP contribution in [0.15, 0.2) is 48.9 Å². The molecule has 5 nitrogen and oxygen atoms in total. The molecule has 0 saturated carbocycles. The van der Waals surface area contributed by atoms with E-state index in [1.807, 2.05) is 34.9 Å². The zero-order valence-electron chi connectivity index (χ0n) is 10.0. The summed E-state index contributed by atoms with van der Waals surface area (Å²) >= 11 is 0. The number of carboxylic acid groups (broad SMARTS) is 1. The number of hydrogen-bond acceptors (Lipinski definition) is 3. The number of aromatic carboxylic acids is 1. The summed E-state index contributed by atoms with van der Waals surface area (Å²) in [6, 6.07) is 11.5. The summed E-state index contributed by atoms with van der Waals surface area (Å²) in [7, 11) is 0. The molecule has 0 aliphatic carbocycles. The Labute approximate surface area is 109 Å². The minimum Gasteiger partial charge on any atom is -0.477 e. The van der Waals surface area contributed by atoms with Crippen LogP contribution in [-0.4, -0.2) is 25.6 Å². The second-order valence-corrected chi connectivity index (χ2v) is 4.22. The van der Waals surface area contributed by atoms with Gasteiger partial charge in [0.05, 0.1) is 18.0 Å². The maximum absolute atomic E-state index is 10.9. The highest BCUT2D eigenvalue weighted by molar-refractivity contribution is 5.89. The third-order valence-electron chi connectivity index (χ3n) is 2.92. The number of hydrogen-bond donors (Lipinski definition) is 1. The van der Waals surface area contributed by atoms with Crippen LogP contribution < -0.4 is 0 Å². The van der Waals surface area contributed by atoms with Gasteiger partial charge in [-0.25, -0.2) is 14.8 Å². The Morgan fingerprint density at radius 2 is 2.00 bits per heavy atom. The zero-order valence-corrected chi connectivity index (χ0v) is 10.0. The molecular formula is C14H11N3O2. The Morgan fingerprint density at radius 3 is 2.74 bits per heavy atom. The quantitative estimate of drug-likeness (QED) is 0.776. The van der Waals surface area contributed by atoms with Crippen molar-refractivity contribution < 1.29 is 9.90 Å². The molecular weight excluding hydrogens is 242 g/mol. The molecule has 0 aliphatic rings. The van der Waals surface area contributed by atoms with Crippen LogP contribution in [0.4, 0.5) is 0 Å². The number of carboxylic acids is 1. The molecule has 2 heterocycles. The first-order valence-electron chi connectivity index (χ1n) is 5.82. The molecule has 0 radical (unpaired) electrons. The summed E-state index contributed by atoms with van der Waals surface area (Å²) in [5.41, 5.74) is 2.63. The Morgan fingerprint density at radius 1 is 1.21 bits per heavy atom. The molecule has 0 spiro atoms. The number of carbonyl (C=O) groups is 1. The predicted molar refractivity (Wildman–Crippen MR) is 70.0 cm³/mol. The lowest BCUT2D eigenvalue weighted by molar-refractivity contribution is 0.0690. The van der Waals surface area contributed by atoms with Crippen LogP contribution >= 0.6 is 0 Å². The molecule has 0 unspecified atom stereocenters. The molecule has 0 atom stereocenters. The normalized spacial score (nSPS) is 10.7. The number of imidazole rings is 1. The first-order valence-corrected chi connectivity index (χ1v) is 5.82. The van der Waals surface area contributed by atoms with Gasteiger partial charge in [0.15, 0.2) is 0 Å². The van der Waals surface area contributed by atoms with Crippen molar-refractivity contribution in [2.75, 3.05) is 0 Å². The van der Waals surface area contributed by atoms with Gasteiger partial charge in [0.25, 0.3) is 0 Å². The largest absolute Gasteiger partial charge is 0.477 e. The first-order chi connectivity index (χ1) is 9.24. The minimum absolute atomic E-state index is 0.0299. The van der Waals surface area contributed by atoms with Gasteiger partial charge in [-0.3, -0.25) is 0 Å². The highest BCUT2D eigenvalue weighted by atomic mass is 16.4. The molecule has 1 aromatic carbocycles. The summed E-state index contributed by atoms with van der Waals surface area (Å²) in [6.45, 7) is 0.653. The van der Waals surface area contributed by atoms with E-state index in [1.54, 1.807) is 12.4 Å². The van der Waals surface area contributed by atoms with E-state index in [-0.39, 0.29) is 5.69 Å². The lowest BCUT2D eigenvalue weighted by atomic mass is 10.2. The standard InChI is InChI=1S/C14H11N3O2/c18-14(19)11-6-13-12(7-15-11)16-9-17(13)8-10-4-2-1-3-5-10/h1-7,9H,8H2,(H,18,19). The Kier molecular flexibility index (Phi) is 2.72. The van der Waals surface area contributed by atoms with E-state index in [9.17, 15) is 4.79 Å². The number of aromatic nitrogens is 3. The van der Waals surface area contributed by atoms with Gasteiger partial charge in [-0.1, -0.05) is 30.3 Å². The molecule has 0 aliphatic heterocycles. The van der Waals surface area contributed by atoms with Gasteiger partial charge in [-0.2, -0.15) is 0 Å². The summed E-state index contributed by atoms with van der Waals surface area (Å²) in [5, 5.41) is 8.97.